The summed E-state index contributed by atoms with van der Waals surface area (Å²) in [4.78, 5) is 120. The van der Waals surface area contributed by atoms with Crippen LogP contribution in [0.2, 0.25) is 0 Å². The fraction of sp³-hybridized carbons (Fsp3) is 0.854. The number of carbonyl (C=O) groups excluding carboxylic acids is 8. The van der Waals surface area contributed by atoms with Crippen molar-refractivity contribution in [2.45, 2.75) is 379 Å². The van der Waals surface area contributed by atoms with Gasteiger partial charge in [0.15, 0.2) is 23.1 Å². The molecule has 7 N–H and O–H groups in total. The molecular formula is C82H157AlLiN5NaO22P. The molecule has 113 heavy (non-hydrogen) atoms. The molecule has 0 aromatic carbocycles. The Hall–Kier alpha value is -3.76. The molecule has 6 fully saturated rings. The van der Waals surface area contributed by atoms with Gasteiger partial charge in [0.2, 0.25) is 0 Å². The van der Waals surface area contributed by atoms with Crippen LogP contribution in [-0.2, 0) is 76.1 Å². The van der Waals surface area contributed by atoms with Gasteiger partial charge >= 0.3 is 96.5 Å². The zero-order valence-electron chi connectivity index (χ0n) is 77.3. The van der Waals surface area contributed by atoms with Crippen LogP contribution in [0.3, 0.4) is 0 Å². The Bertz CT molecular complexity index is 2980. The first-order valence-corrected chi connectivity index (χ1v) is 41.5. The minimum atomic E-state index is -2.92. The summed E-state index contributed by atoms with van der Waals surface area (Å²) in [6.07, 6.45) is 21.4. The molecule has 0 heterocycles. The van der Waals surface area contributed by atoms with E-state index in [1.807, 2.05) is 41.5 Å². The number of nitrogens with one attached hydrogen (secondary N) is 3. The van der Waals surface area contributed by atoms with E-state index in [2.05, 4.69) is 41.5 Å². The number of rotatable bonds is 18. The molecule has 4 amide bonds. The minimum Gasteiger partial charge on any atom is -1.00 e. The van der Waals surface area contributed by atoms with Gasteiger partial charge in [0.1, 0.15) is 64.8 Å². The van der Waals surface area contributed by atoms with Crippen LogP contribution in [-0.4, -0.2) is 191 Å². The molecule has 3 atom stereocenters. The summed E-state index contributed by atoms with van der Waals surface area (Å²) in [6.45, 7) is 54.4. The van der Waals surface area contributed by atoms with Gasteiger partial charge in [-0.15, -0.1) is 5.60 Å². The Morgan fingerprint density at radius 1 is 0.531 bits per heavy atom. The number of esters is 3. The second-order valence-corrected chi connectivity index (χ2v) is 42.4. The third-order valence-corrected chi connectivity index (χ3v) is 19.5. The Morgan fingerprint density at radius 2 is 0.850 bits per heavy atom. The Labute approximate surface area is 727 Å². The van der Waals surface area contributed by atoms with Crippen LogP contribution < -0.4 is 75.2 Å². The largest absolute Gasteiger partial charge is 1.00 e. The van der Waals surface area contributed by atoms with E-state index in [-0.39, 0.29) is 111 Å². The van der Waals surface area contributed by atoms with Gasteiger partial charge in [-0.3, -0.25) is 24.5 Å². The maximum Gasteiger partial charge on any atom is 1.00 e. The van der Waals surface area contributed by atoms with E-state index in [1.54, 1.807) is 152 Å². The van der Waals surface area contributed by atoms with Crippen LogP contribution in [0.4, 0.5) is 14.4 Å². The number of methoxy groups -OCH3 is 1. The van der Waals surface area contributed by atoms with E-state index >= 15 is 0 Å². The second-order valence-electron chi connectivity index (χ2n) is 39.1. The number of nitrogens with two attached hydrogens (primary N) is 1. The number of carboxylic acid groups (broad SMARTS) is 2. The van der Waals surface area contributed by atoms with Crippen molar-refractivity contribution in [2.75, 3.05) is 41.2 Å². The fourth-order valence-corrected chi connectivity index (χ4v) is 11.6. The first kappa shape index (κ1) is 120. The summed E-state index contributed by atoms with van der Waals surface area (Å²) in [7, 11) is 1.93. The van der Waals surface area contributed by atoms with Crippen LogP contribution >= 0.6 is 7.14 Å². The van der Waals surface area contributed by atoms with Crippen LogP contribution in [0.5, 0.6) is 0 Å². The van der Waals surface area contributed by atoms with Gasteiger partial charge < -0.3 is 75.6 Å². The predicted octanol–water partition coefficient (Wildman–Crippen LogP) is 9.08. The first-order valence-electron chi connectivity index (χ1n) is 38.8. The molecule has 6 rings (SSSR count). The number of allylic oxidation sites excluding steroid dienone is 1. The van der Waals surface area contributed by atoms with Crippen LogP contribution in [0.1, 0.15) is 324 Å². The number of ether oxygens (including phenoxy) is 7. The number of amides is 4. The Balaban J connectivity index is -0.000000235. The van der Waals surface area contributed by atoms with Gasteiger partial charge in [-0.2, -0.15) is 0 Å². The third-order valence-electron chi connectivity index (χ3n) is 18.0. The fourth-order valence-electron chi connectivity index (χ4n) is 10.6. The minimum absolute atomic E-state index is 0. The summed E-state index contributed by atoms with van der Waals surface area (Å²) in [6, 6.07) is -1.33. The summed E-state index contributed by atoms with van der Waals surface area (Å²) in [5.74, 6) is -4.28. The number of hydrogen-bond acceptors (Lipinski definition) is 21. The van der Waals surface area contributed by atoms with Crippen molar-refractivity contribution in [1.82, 2.24) is 21.0 Å². The molecule has 0 aromatic rings. The average molecular weight is 1650 g/mol. The standard InChI is InChI=1S/C17H31NO4.C17H29NO4.C13H26NO5P.2C8H15NO2.C6H10O2.C6H10O.C4H9O.C3H8O.Al.Li.Na.4H/c2*1-15(2,3)21-13(19)12(11-17(7)9-8-10-17)18-14(20)22-16(4,5)6;1-12(2,3)18-10(15)9(20(7,8)17)14-11(16)19-13(4,5)6;1-8(5-4-6-8)7(10)9(2)11-3;1-8(3-2-4-8)5-6(9)7(10)11;1-6(5(7)8)3-2-4-6;1-6(5-7)3-2-4-6;1-4(2,3)5;1-3-4-2;;;;;;;/h12H,8-11H2,1-7H3,(H,18,20);11H,8-10H2,1-7H3,(H,18,20);9H,1-8H3,(H,14,16);4-6H2,1-3H3;6H,2-5,9H2,1H3,(H,10,11);2-4H2,1H3,(H,7,8);5H,2-4H2,1H3;1-3H3;3H2,1-2H3;;;;;;;/q;;;;;;;-1;;;2*+1;;;;-1/b;12-11-;;;;;;;;;;;;;;. The van der Waals surface area contributed by atoms with Crippen LogP contribution in [0.15, 0.2) is 11.8 Å². The number of carbonyl (C=O) groups is 10. The number of carboxylic acids is 2. The Kier molecular flexibility index (Phi) is 54.2. The molecule has 6 aliphatic carbocycles. The zero-order chi connectivity index (χ0) is 87.1. The van der Waals surface area contributed by atoms with Crippen molar-refractivity contribution < 1.29 is 156 Å². The molecule has 6 aliphatic rings. The average Bonchev–Trinajstić information content (AvgIpc) is 0.809. The van der Waals surface area contributed by atoms with E-state index in [4.69, 9.17) is 49.2 Å². The SMILES string of the molecule is CC(C)(C)OC(=O)NC(C(=O)OC(C)(C)C)P(C)(C)=O.CC(C)(C)[O-].CC1(/C=C(\NC(=O)OC(C)(C)C)C(=O)OC(C)(C)C)CCC1.CC1(C(=O)O)CCC1.CC1(C=O)CCC1.CC1(CC(N)C(=O)O)CCC1.CC1(CC(NC(=O)OC(C)(C)C)C(=O)OC(C)(C)C)CCC1.CCOC.CON(C)C(=O)C1(C)CCC1.[AlH3].[H-].[Li+].[Na+]. The monoisotopic (exact) mass is 1650 g/mol. The molecule has 27 nitrogen and oxygen atoms in total. The van der Waals surface area contributed by atoms with E-state index in [1.165, 1.54) is 51.2 Å². The van der Waals surface area contributed by atoms with Crippen molar-refractivity contribution in [3.8, 4) is 0 Å². The van der Waals surface area contributed by atoms with Crippen molar-refractivity contribution in [3.05, 3.63) is 11.8 Å². The molecule has 0 saturated heterocycles. The van der Waals surface area contributed by atoms with Crippen LogP contribution in [0, 0.1) is 32.5 Å². The quantitative estimate of drug-likeness (QED) is 0.0142. The number of alkyl carbamates (subject to hydrolysis) is 3. The van der Waals surface area contributed by atoms with Crippen molar-refractivity contribution in [3.63, 3.8) is 0 Å². The summed E-state index contributed by atoms with van der Waals surface area (Å²) in [5, 5.41) is 36.0. The normalized spacial score (nSPS) is 18.2. The summed E-state index contributed by atoms with van der Waals surface area (Å²) in [5.41, 5.74) is 0.820. The van der Waals surface area contributed by atoms with Gasteiger partial charge in [0.05, 0.1) is 12.5 Å². The third kappa shape index (κ3) is 57.9. The smallest absolute Gasteiger partial charge is 1.00 e. The number of hydroxylamine groups is 2. The molecule has 0 aromatic heterocycles. The van der Waals surface area contributed by atoms with E-state index < -0.39 is 112 Å². The van der Waals surface area contributed by atoms with E-state index in [0.717, 1.165) is 103 Å². The number of aldehydes is 1. The predicted molar refractivity (Wildman–Crippen MR) is 439 cm³/mol. The van der Waals surface area contributed by atoms with Crippen molar-refractivity contribution in [1.29, 1.82) is 0 Å². The number of aliphatic carboxylic acids is 2. The van der Waals surface area contributed by atoms with E-state index in [9.17, 15) is 57.6 Å². The maximum absolute atomic E-state index is 12.4. The van der Waals surface area contributed by atoms with Gasteiger partial charge in [0, 0.05) is 31.6 Å². The molecule has 0 radical (unpaired) electrons. The van der Waals surface area contributed by atoms with Crippen molar-refractivity contribution in [2.24, 2.45) is 38.2 Å². The molecule has 0 aliphatic heterocycles. The van der Waals surface area contributed by atoms with Gasteiger partial charge in [-0.1, -0.05) is 93.9 Å². The molecule has 3 unspecified atom stereocenters. The Morgan fingerprint density at radius 3 is 1.09 bits per heavy atom. The first-order chi connectivity index (χ1) is 49.2. The topological polar surface area (TPSA) is 390 Å². The van der Waals surface area contributed by atoms with Gasteiger partial charge in [-0.05, 0) is 264 Å². The van der Waals surface area contributed by atoms with Gasteiger partial charge in [0.25, 0.3) is 5.91 Å². The molecule has 0 spiro atoms. The molecule has 0 bridgehead atoms. The number of nitrogens with zero attached hydrogens (tertiary/aromatic N) is 1. The summed E-state index contributed by atoms with van der Waals surface area (Å²) < 4.78 is 48.2. The van der Waals surface area contributed by atoms with Crippen LogP contribution in [0.25, 0.3) is 0 Å². The maximum atomic E-state index is 12.4. The van der Waals surface area contributed by atoms with Gasteiger partial charge in [-0.25, -0.2) is 33.8 Å². The molecular weight excluding hydrogens is 1490 g/mol. The van der Waals surface area contributed by atoms with Crippen molar-refractivity contribution >= 4 is 84.8 Å². The molecule has 6 saturated carbocycles. The molecule has 652 valence electrons. The zero-order valence-corrected chi connectivity index (χ0v) is 79.2. The number of hydrogen-bond donors (Lipinski definition) is 6. The molecule has 31 heteroatoms. The second kappa shape index (κ2) is 51.0. The summed E-state index contributed by atoms with van der Waals surface area (Å²) >= 11 is 0. The van der Waals surface area contributed by atoms with E-state index in [0.29, 0.717) is 12.8 Å².